The molecule has 2 unspecified atom stereocenters. The molecule has 3 heteroatoms. The third kappa shape index (κ3) is 2.12. The van der Waals surface area contributed by atoms with Gasteiger partial charge in [0, 0.05) is 0 Å². The summed E-state index contributed by atoms with van der Waals surface area (Å²) in [6, 6.07) is 18.5. The van der Waals surface area contributed by atoms with E-state index in [0.717, 1.165) is 0 Å². The molecule has 0 spiro atoms. The van der Waals surface area contributed by atoms with Crippen LogP contribution in [0.2, 0.25) is 0 Å². The highest BCUT2D eigenvalue weighted by Crippen LogP contribution is 2.32. The van der Waals surface area contributed by atoms with E-state index in [2.05, 4.69) is 0 Å². The molecular weight excluding hydrogens is 226 g/mol. The summed E-state index contributed by atoms with van der Waals surface area (Å²) in [4.78, 5) is 0. The normalized spacial score (nSPS) is 15.4. The first-order chi connectivity index (χ1) is 8.68. The number of nitriles is 1. The molecular formula is C15H12NO2-. The zero-order valence-corrected chi connectivity index (χ0v) is 9.65. The Morgan fingerprint density at radius 1 is 1.00 bits per heavy atom. The molecule has 18 heavy (non-hydrogen) atoms. The predicted octanol–water partition coefficient (Wildman–Crippen LogP) is 1.50. The van der Waals surface area contributed by atoms with Crippen LogP contribution in [-0.4, -0.2) is 5.11 Å². The number of nitrogens with zero attached hydrogens (tertiary/aromatic N) is 1. The van der Waals surface area contributed by atoms with Gasteiger partial charge in [-0.15, -0.1) is 0 Å². The van der Waals surface area contributed by atoms with Crippen LogP contribution in [0.25, 0.3) is 0 Å². The number of aliphatic hydroxyl groups is 1. The van der Waals surface area contributed by atoms with Gasteiger partial charge in [0.2, 0.25) is 0 Å². The second-order valence-corrected chi connectivity index (χ2v) is 4.03. The molecule has 0 fully saturated rings. The van der Waals surface area contributed by atoms with Crippen LogP contribution in [0, 0.1) is 11.3 Å². The highest BCUT2D eigenvalue weighted by atomic mass is 16.3. The molecule has 2 aromatic carbocycles. The maximum atomic E-state index is 12.3. The molecule has 2 aromatic rings. The summed E-state index contributed by atoms with van der Waals surface area (Å²) in [7, 11) is 0. The van der Waals surface area contributed by atoms with Crippen LogP contribution in [0.5, 0.6) is 0 Å². The summed E-state index contributed by atoms with van der Waals surface area (Å²) in [5.74, 6) is 0. The monoisotopic (exact) mass is 238 g/mol. The largest absolute Gasteiger partial charge is 0.845 e. The van der Waals surface area contributed by atoms with Crippen LogP contribution in [-0.2, 0) is 5.60 Å². The molecule has 2 rings (SSSR count). The quantitative estimate of drug-likeness (QED) is 0.824. The van der Waals surface area contributed by atoms with E-state index >= 15 is 0 Å². The minimum Gasteiger partial charge on any atom is -0.845 e. The highest BCUT2D eigenvalue weighted by molar-refractivity contribution is 5.34. The van der Waals surface area contributed by atoms with E-state index in [1.807, 2.05) is 0 Å². The van der Waals surface area contributed by atoms with Crippen molar-refractivity contribution in [3.8, 4) is 6.07 Å². The van der Waals surface area contributed by atoms with Crippen molar-refractivity contribution in [1.29, 1.82) is 5.26 Å². The summed E-state index contributed by atoms with van der Waals surface area (Å²) in [5.41, 5.74) is -1.34. The van der Waals surface area contributed by atoms with Crippen molar-refractivity contribution >= 4 is 0 Å². The van der Waals surface area contributed by atoms with Crippen molar-refractivity contribution in [1.82, 2.24) is 0 Å². The second-order valence-electron chi connectivity index (χ2n) is 4.03. The molecule has 0 aromatic heterocycles. The van der Waals surface area contributed by atoms with E-state index in [9.17, 15) is 15.5 Å². The van der Waals surface area contributed by atoms with Crippen molar-refractivity contribution in [2.75, 3.05) is 0 Å². The minimum atomic E-state index is -2.05. The molecule has 0 aliphatic rings. The van der Waals surface area contributed by atoms with Gasteiger partial charge in [0.1, 0.15) is 6.07 Å². The number of hydrogen-bond donors (Lipinski definition) is 1. The molecule has 0 saturated carbocycles. The first-order valence-electron chi connectivity index (χ1n) is 5.58. The lowest BCUT2D eigenvalue weighted by molar-refractivity contribution is -0.457. The molecule has 0 aliphatic heterocycles. The van der Waals surface area contributed by atoms with Crippen LogP contribution < -0.4 is 5.11 Å². The lowest BCUT2D eigenvalue weighted by Crippen LogP contribution is -2.39. The van der Waals surface area contributed by atoms with E-state index in [0.29, 0.717) is 11.1 Å². The van der Waals surface area contributed by atoms with Crippen LogP contribution in [0.15, 0.2) is 60.7 Å². The maximum Gasteiger partial charge on any atom is 0.168 e. The first-order valence-corrected chi connectivity index (χ1v) is 5.58. The van der Waals surface area contributed by atoms with Gasteiger partial charge in [0.25, 0.3) is 0 Å². The van der Waals surface area contributed by atoms with E-state index in [1.165, 1.54) is 0 Å². The van der Waals surface area contributed by atoms with Gasteiger partial charge in [-0.25, -0.2) is 0 Å². The molecule has 0 heterocycles. The van der Waals surface area contributed by atoms with Crippen molar-refractivity contribution in [2.24, 2.45) is 0 Å². The zero-order chi connectivity index (χ0) is 13.0. The fraction of sp³-hybridized carbons (Fsp3) is 0.133. The van der Waals surface area contributed by atoms with Crippen molar-refractivity contribution in [3.63, 3.8) is 0 Å². The standard InChI is InChI=1S/C15H12NO2/c16-11-15(18,13-9-5-2-6-10-13)14(17)12-7-3-1-4-8-12/h1-10,14,18H/q-1. The summed E-state index contributed by atoms with van der Waals surface area (Å²) in [5, 5.41) is 31.8. The van der Waals surface area contributed by atoms with E-state index < -0.39 is 11.7 Å². The van der Waals surface area contributed by atoms with Gasteiger partial charge < -0.3 is 10.2 Å². The van der Waals surface area contributed by atoms with Crippen LogP contribution in [0.3, 0.4) is 0 Å². The Hall–Kier alpha value is -2.15. The second kappa shape index (κ2) is 5.01. The molecule has 1 N–H and O–H groups in total. The molecule has 2 atom stereocenters. The predicted molar refractivity (Wildman–Crippen MR) is 65.1 cm³/mol. The van der Waals surface area contributed by atoms with Gasteiger partial charge in [0.15, 0.2) is 5.60 Å². The molecule has 0 radical (unpaired) electrons. The smallest absolute Gasteiger partial charge is 0.168 e. The Labute approximate surface area is 106 Å². The van der Waals surface area contributed by atoms with Crippen LogP contribution in [0.4, 0.5) is 0 Å². The molecule has 90 valence electrons. The van der Waals surface area contributed by atoms with Crippen LogP contribution >= 0.6 is 0 Å². The van der Waals surface area contributed by atoms with Gasteiger partial charge in [-0.05, 0) is 5.56 Å². The van der Waals surface area contributed by atoms with Crippen molar-refractivity contribution in [3.05, 3.63) is 71.8 Å². The third-order valence-electron chi connectivity index (χ3n) is 2.87. The van der Waals surface area contributed by atoms with Gasteiger partial charge in [-0.1, -0.05) is 72.3 Å². The van der Waals surface area contributed by atoms with Gasteiger partial charge in [-0.2, -0.15) is 5.26 Å². The third-order valence-corrected chi connectivity index (χ3v) is 2.87. The lowest BCUT2D eigenvalue weighted by atomic mass is 9.86. The zero-order valence-electron chi connectivity index (χ0n) is 9.65. The maximum absolute atomic E-state index is 12.3. The molecule has 0 amide bonds. The summed E-state index contributed by atoms with van der Waals surface area (Å²) in [6.07, 6.45) is -1.54. The number of hydrogen-bond acceptors (Lipinski definition) is 3. The van der Waals surface area contributed by atoms with Crippen molar-refractivity contribution in [2.45, 2.75) is 11.7 Å². The Morgan fingerprint density at radius 3 is 2.00 bits per heavy atom. The lowest BCUT2D eigenvalue weighted by Gasteiger charge is -2.36. The number of benzene rings is 2. The Balaban J connectivity index is 2.43. The van der Waals surface area contributed by atoms with E-state index in [4.69, 9.17) is 0 Å². The van der Waals surface area contributed by atoms with Gasteiger partial charge >= 0.3 is 0 Å². The van der Waals surface area contributed by atoms with Crippen molar-refractivity contribution < 1.29 is 10.2 Å². The molecule has 0 bridgehead atoms. The molecule has 0 aliphatic carbocycles. The first kappa shape index (κ1) is 12.3. The highest BCUT2D eigenvalue weighted by Gasteiger charge is 2.32. The summed E-state index contributed by atoms with van der Waals surface area (Å²) < 4.78 is 0. The average molecular weight is 238 g/mol. The minimum absolute atomic E-state index is 0.316. The SMILES string of the molecule is N#CC(O)(c1ccccc1)C([O-])c1ccccc1. The summed E-state index contributed by atoms with van der Waals surface area (Å²) in [6.45, 7) is 0. The Kier molecular flexibility index (Phi) is 3.42. The molecule has 0 saturated heterocycles. The topological polar surface area (TPSA) is 67.1 Å². The fourth-order valence-electron chi connectivity index (χ4n) is 1.84. The van der Waals surface area contributed by atoms with Gasteiger partial charge in [-0.3, -0.25) is 0 Å². The Morgan fingerprint density at radius 2 is 1.50 bits per heavy atom. The van der Waals surface area contributed by atoms with Crippen LogP contribution in [0.1, 0.15) is 17.2 Å². The van der Waals surface area contributed by atoms with Gasteiger partial charge in [0.05, 0.1) is 0 Å². The average Bonchev–Trinajstić information content (AvgIpc) is 2.47. The Bertz CT molecular complexity index is 548. The van der Waals surface area contributed by atoms with E-state index in [1.54, 1.807) is 66.7 Å². The molecule has 3 nitrogen and oxygen atoms in total. The fourth-order valence-corrected chi connectivity index (χ4v) is 1.84. The van der Waals surface area contributed by atoms with E-state index in [-0.39, 0.29) is 0 Å². The number of rotatable bonds is 3. The summed E-state index contributed by atoms with van der Waals surface area (Å²) >= 11 is 0.